The highest BCUT2D eigenvalue weighted by Crippen LogP contribution is 2.46. The van der Waals surface area contributed by atoms with Crippen LogP contribution in [0.15, 0.2) is 89.4 Å². The molecule has 0 saturated heterocycles. The molecule has 0 fully saturated rings. The van der Waals surface area contributed by atoms with Crippen molar-refractivity contribution in [3.05, 3.63) is 111 Å². The van der Waals surface area contributed by atoms with Gasteiger partial charge in [0.2, 0.25) is 0 Å². The molecule has 37 heavy (non-hydrogen) atoms. The van der Waals surface area contributed by atoms with Crippen molar-refractivity contribution in [2.45, 2.75) is 38.5 Å². The third kappa shape index (κ3) is 5.02. The molecule has 1 aliphatic carbocycles. The Morgan fingerprint density at radius 2 is 1.70 bits per heavy atom. The first-order valence-electron chi connectivity index (χ1n) is 12.2. The van der Waals surface area contributed by atoms with E-state index < -0.39 is 5.92 Å². The summed E-state index contributed by atoms with van der Waals surface area (Å²) in [6, 6.07) is 18.9. The third-order valence-electron chi connectivity index (χ3n) is 7.02. The van der Waals surface area contributed by atoms with Gasteiger partial charge in [-0.2, -0.15) is 0 Å². The van der Waals surface area contributed by atoms with Gasteiger partial charge in [0.05, 0.1) is 7.11 Å². The van der Waals surface area contributed by atoms with Crippen molar-refractivity contribution in [1.82, 2.24) is 10.3 Å². The Morgan fingerprint density at radius 3 is 2.35 bits per heavy atom. The van der Waals surface area contributed by atoms with Gasteiger partial charge in [0, 0.05) is 46.1 Å². The first-order valence-corrected chi connectivity index (χ1v) is 12.6. The third-order valence-corrected chi connectivity index (χ3v) is 7.27. The van der Waals surface area contributed by atoms with Crippen LogP contribution in [0.3, 0.4) is 0 Å². The lowest BCUT2D eigenvalue weighted by Crippen LogP contribution is -2.37. The van der Waals surface area contributed by atoms with Gasteiger partial charge in [-0.1, -0.05) is 41.9 Å². The number of dihydropyridines is 1. The minimum atomic E-state index is -0.511. The summed E-state index contributed by atoms with van der Waals surface area (Å²) in [5, 5.41) is 6.93. The number of ether oxygens (including phenoxy) is 1. The first-order chi connectivity index (χ1) is 17.8. The number of pyridine rings is 1. The van der Waals surface area contributed by atoms with Crippen molar-refractivity contribution in [3.8, 4) is 5.75 Å². The van der Waals surface area contributed by atoms with Crippen LogP contribution in [0.1, 0.15) is 48.3 Å². The summed E-state index contributed by atoms with van der Waals surface area (Å²) < 4.78 is 5.29. The van der Waals surface area contributed by atoms with Crippen LogP contribution >= 0.6 is 11.6 Å². The fourth-order valence-electron chi connectivity index (χ4n) is 5.17. The highest BCUT2D eigenvalue weighted by atomic mass is 35.5. The fourth-order valence-corrected chi connectivity index (χ4v) is 5.29. The standard InChI is InChI=1S/C30H28ClN3O3/c1-17-4-13-26(32-16-17)34-30(36)27-18(2)33-24-14-21(19-7-11-23(37-3)12-8-19)15-25(35)29(24)28(27)20-5-9-22(31)10-6-20/h4-13,16,21,28,33H,14-15H2,1-3H3,(H,32,34,36). The van der Waals surface area contributed by atoms with Gasteiger partial charge in [-0.25, -0.2) is 4.98 Å². The van der Waals surface area contributed by atoms with Crippen molar-refractivity contribution >= 4 is 29.1 Å². The molecular weight excluding hydrogens is 486 g/mol. The van der Waals surface area contributed by atoms with E-state index in [9.17, 15) is 9.59 Å². The number of carbonyl (C=O) groups is 2. The molecule has 0 saturated carbocycles. The van der Waals surface area contributed by atoms with E-state index in [1.807, 2.05) is 56.3 Å². The molecule has 2 atom stereocenters. The number of anilines is 1. The zero-order valence-corrected chi connectivity index (χ0v) is 21.7. The van der Waals surface area contributed by atoms with Crippen LogP contribution in [0.25, 0.3) is 0 Å². The predicted molar refractivity (Wildman–Crippen MR) is 145 cm³/mol. The zero-order valence-electron chi connectivity index (χ0n) is 21.0. The number of Topliss-reactive ketones (excluding diaryl/α,β-unsaturated/α-hetero) is 1. The molecule has 188 valence electrons. The normalized spacial score (nSPS) is 19.3. The maximum Gasteiger partial charge on any atom is 0.255 e. The molecule has 0 bridgehead atoms. The van der Waals surface area contributed by atoms with Gasteiger partial charge in [0.15, 0.2) is 5.78 Å². The van der Waals surface area contributed by atoms with Gasteiger partial charge < -0.3 is 15.4 Å². The molecule has 1 amide bonds. The fraction of sp³-hybridized carbons (Fsp3) is 0.233. The van der Waals surface area contributed by atoms with Crippen LogP contribution in [0, 0.1) is 6.92 Å². The summed E-state index contributed by atoms with van der Waals surface area (Å²) in [5.41, 5.74) is 5.64. The number of aryl methyl sites for hydroxylation is 1. The highest BCUT2D eigenvalue weighted by Gasteiger charge is 2.41. The Morgan fingerprint density at radius 1 is 1.00 bits per heavy atom. The van der Waals surface area contributed by atoms with Gasteiger partial charge >= 0.3 is 0 Å². The predicted octanol–water partition coefficient (Wildman–Crippen LogP) is 6.05. The number of benzene rings is 2. The van der Waals surface area contributed by atoms with Gasteiger partial charge in [-0.15, -0.1) is 0 Å². The van der Waals surface area contributed by atoms with E-state index in [0.29, 0.717) is 40.5 Å². The maximum absolute atomic E-state index is 13.7. The van der Waals surface area contributed by atoms with Crippen LogP contribution in [0.5, 0.6) is 5.75 Å². The Labute approximate surface area is 221 Å². The van der Waals surface area contributed by atoms with Gasteiger partial charge in [-0.05, 0) is 73.2 Å². The number of nitrogens with zero attached hydrogens (tertiary/aromatic N) is 1. The van der Waals surface area contributed by atoms with E-state index in [-0.39, 0.29) is 17.6 Å². The monoisotopic (exact) mass is 513 g/mol. The minimum Gasteiger partial charge on any atom is -0.497 e. The van der Waals surface area contributed by atoms with E-state index in [2.05, 4.69) is 15.6 Å². The number of methoxy groups -OCH3 is 1. The van der Waals surface area contributed by atoms with Crippen LogP contribution in [-0.2, 0) is 9.59 Å². The molecule has 2 N–H and O–H groups in total. The molecule has 6 nitrogen and oxygen atoms in total. The summed E-state index contributed by atoms with van der Waals surface area (Å²) >= 11 is 6.17. The van der Waals surface area contributed by atoms with E-state index in [1.54, 1.807) is 31.5 Å². The summed E-state index contributed by atoms with van der Waals surface area (Å²) in [6.07, 6.45) is 2.74. The SMILES string of the molecule is COc1ccc(C2CC(=O)C3=C(C2)NC(C)=C(C(=O)Nc2ccc(C)cn2)C3c2ccc(Cl)cc2)cc1. The number of hydrogen-bond donors (Lipinski definition) is 2. The van der Waals surface area contributed by atoms with Crippen molar-refractivity contribution < 1.29 is 14.3 Å². The van der Waals surface area contributed by atoms with Gasteiger partial charge in [-0.3, -0.25) is 9.59 Å². The Balaban J connectivity index is 1.53. The molecule has 5 rings (SSSR count). The molecule has 1 aromatic heterocycles. The Kier molecular flexibility index (Phi) is 6.85. The van der Waals surface area contributed by atoms with Crippen molar-refractivity contribution in [1.29, 1.82) is 0 Å². The van der Waals surface area contributed by atoms with Gasteiger partial charge in [0.25, 0.3) is 5.91 Å². The van der Waals surface area contributed by atoms with Crippen molar-refractivity contribution in [2.24, 2.45) is 0 Å². The molecule has 3 aromatic rings. The quantitative estimate of drug-likeness (QED) is 0.434. The second-order valence-corrected chi connectivity index (χ2v) is 9.95. The van der Waals surface area contributed by atoms with E-state index in [1.165, 1.54) is 0 Å². The second kappa shape index (κ2) is 10.2. The lowest BCUT2D eigenvalue weighted by Gasteiger charge is -2.37. The smallest absolute Gasteiger partial charge is 0.255 e. The molecule has 2 aliphatic rings. The number of allylic oxidation sites excluding steroid dienone is 3. The maximum atomic E-state index is 13.7. The van der Waals surface area contributed by atoms with Crippen molar-refractivity contribution in [2.75, 3.05) is 12.4 Å². The van der Waals surface area contributed by atoms with Crippen molar-refractivity contribution in [3.63, 3.8) is 0 Å². The number of aromatic nitrogens is 1. The molecule has 0 spiro atoms. The summed E-state index contributed by atoms with van der Waals surface area (Å²) in [5.74, 6) is 0.499. The number of nitrogens with one attached hydrogen (secondary N) is 2. The van der Waals surface area contributed by atoms with E-state index in [0.717, 1.165) is 28.1 Å². The average Bonchev–Trinajstić information content (AvgIpc) is 2.89. The van der Waals surface area contributed by atoms with Gasteiger partial charge in [0.1, 0.15) is 11.6 Å². The summed E-state index contributed by atoms with van der Waals surface area (Å²) in [6.45, 7) is 3.82. The number of rotatable bonds is 5. The van der Waals surface area contributed by atoms with Crippen LogP contribution < -0.4 is 15.4 Å². The zero-order chi connectivity index (χ0) is 26.1. The lowest BCUT2D eigenvalue weighted by molar-refractivity contribution is -0.116. The Bertz CT molecular complexity index is 1410. The number of halogens is 1. The first kappa shape index (κ1) is 24.8. The van der Waals surface area contributed by atoms with Crippen LogP contribution in [0.4, 0.5) is 5.82 Å². The largest absolute Gasteiger partial charge is 0.497 e. The van der Waals surface area contributed by atoms with E-state index >= 15 is 0 Å². The topological polar surface area (TPSA) is 80.3 Å². The number of hydrogen-bond acceptors (Lipinski definition) is 5. The summed E-state index contributed by atoms with van der Waals surface area (Å²) in [4.78, 5) is 31.7. The molecule has 0 radical (unpaired) electrons. The Hall–Kier alpha value is -3.90. The molecule has 7 heteroatoms. The second-order valence-electron chi connectivity index (χ2n) is 9.52. The average molecular weight is 514 g/mol. The number of carbonyl (C=O) groups excluding carboxylic acids is 2. The summed E-state index contributed by atoms with van der Waals surface area (Å²) in [7, 11) is 1.64. The number of ketones is 1. The molecular formula is C30H28ClN3O3. The molecule has 2 heterocycles. The van der Waals surface area contributed by atoms with E-state index in [4.69, 9.17) is 16.3 Å². The molecule has 2 unspecified atom stereocenters. The highest BCUT2D eigenvalue weighted by molar-refractivity contribution is 6.30. The van der Waals surface area contributed by atoms with Crippen LogP contribution in [-0.4, -0.2) is 23.8 Å². The van der Waals surface area contributed by atoms with Crippen LogP contribution in [0.2, 0.25) is 5.02 Å². The number of amides is 1. The lowest BCUT2D eigenvalue weighted by atomic mass is 9.71. The minimum absolute atomic E-state index is 0.0285. The molecule has 2 aromatic carbocycles. The molecule has 1 aliphatic heterocycles.